The summed E-state index contributed by atoms with van der Waals surface area (Å²) in [6.45, 7) is 3.55. The number of fused-ring (bicyclic) bond motifs is 2. The molecule has 0 saturated carbocycles. The number of ether oxygens (including phenoxy) is 1. The number of aromatic amines is 1. The van der Waals surface area contributed by atoms with Crippen LogP contribution >= 0.6 is 0 Å². The first kappa shape index (κ1) is 15.1. The lowest BCUT2D eigenvalue weighted by atomic mass is 9.99. The van der Waals surface area contributed by atoms with Crippen molar-refractivity contribution in [3.8, 4) is 28.3 Å². The monoisotopic (exact) mass is 349 g/mol. The minimum absolute atomic E-state index is 0.273. The Morgan fingerprint density at radius 2 is 2.08 bits per heavy atom. The van der Waals surface area contributed by atoms with E-state index < -0.39 is 0 Å². The summed E-state index contributed by atoms with van der Waals surface area (Å²) in [5.41, 5.74) is 4.14. The normalized spacial score (nSPS) is 16.5. The third-order valence-corrected chi connectivity index (χ3v) is 4.64. The van der Waals surface area contributed by atoms with Crippen molar-refractivity contribution in [2.45, 2.75) is 13.5 Å². The van der Waals surface area contributed by atoms with Gasteiger partial charge in [0.25, 0.3) is 0 Å². The lowest BCUT2D eigenvalue weighted by Gasteiger charge is -2.21. The number of benzene rings is 1. The van der Waals surface area contributed by atoms with Crippen LogP contribution in [0.4, 0.5) is 4.39 Å². The van der Waals surface area contributed by atoms with Crippen LogP contribution in [0.1, 0.15) is 6.92 Å². The standard InChI is InChI=1S/C19H16FN5O/c1-11-9-25-19(26-10-11)16(14-6-7-21-18-15(14)8-22-23-18)17(24-25)12-2-4-13(20)5-3-12/h2-8,11H,9-10H2,1H3,(H,21,22,23)/t11-/m1/s1. The molecule has 0 radical (unpaired) electrons. The zero-order valence-corrected chi connectivity index (χ0v) is 14.1. The molecule has 0 saturated heterocycles. The van der Waals surface area contributed by atoms with Crippen LogP contribution in [0.25, 0.3) is 33.4 Å². The Hall–Kier alpha value is -3.22. The molecule has 4 heterocycles. The molecule has 1 aliphatic rings. The van der Waals surface area contributed by atoms with Crippen molar-refractivity contribution in [1.29, 1.82) is 0 Å². The van der Waals surface area contributed by atoms with E-state index in [4.69, 9.17) is 9.84 Å². The highest BCUT2D eigenvalue weighted by Gasteiger charge is 2.28. The maximum Gasteiger partial charge on any atom is 0.220 e. The van der Waals surface area contributed by atoms with Gasteiger partial charge in [-0.3, -0.25) is 5.10 Å². The SMILES string of the molecule is C[C@H]1COc2c(-c3ccnc4[nH]ncc34)c(-c3ccc(F)cc3)nn2C1. The van der Waals surface area contributed by atoms with Gasteiger partial charge in [-0.15, -0.1) is 0 Å². The molecule has 1 aromatic carbocycles. The summed E-state index contributed by atoms with van der Waals surface area (Å²) in [5, 5.41) is 12.7. The third-order valence-electron chi connectivity index (χ3n) is 4.64. The van der Waals surface area contributed by atoms with E-state index in [-0.39, 0.29) is 5.82 Å². The number of aromatic nitrogens is 5. The van der Waals surface area contributed by atoms with Crippen LogP contribution < -0.4 is 4.74 Å². The quantitative estimate of drug-likeness (QED) is 0.600. The van der Waals surface area contributed by atoms with Crippen LogP contribution in [0.5, 0.6) is 5.88 Å². The number of nitrogens with zero attached hydrogens (tertiary/aromatic N) is 4. The second kappa shape index (κ2) is 5.66. The van der Waals surface area contributed by atoms with Crippen molar-refractivity contribution in [1.82, 2.24) is 25.0 Å². The summed E-state index contributed by atoms with van der Waals surface area (Å²) in [6.07, 6.45) is 3.49. The van der Waals surface area contributed by atoms with Crippen LogP contribution in [-0.2, 0) is 6.54 Å². The number of nitrogens with one attached hydrogen (secondary N) is 1. The minimum atomic E-state index is -0.273. The van der Waals surface area contributed by atoms with E-state index in [1.54, 1.807) is 24.5 Å². The molecule has 0 aliphatic carbocycles. The third kappa shape index (κ3) is 2.28. The van der Waals surface area contributed by atoms with Crippen molar-refractivity contribution < 1.29 is 9.13 Å². The van der Waals surface area contributed by atoms with Gasteiger partial charge in [-0.1, -0.05) is 6.92 Å². The molecule has 4 aromatic rings. The number of hydrogen-bond acceptors (Lipinski definition) is 4. The summed E-state index contributed by atoms with van der Waals surface area (Å²) < 4.78 is 21.3. The minimum Gasteiger partial charge on any atom is -0.477 e. The van der Waals surface area contributed by atoms with Crippen molar-refractivity contribution in [2.24, 2.45) is 5.92 Å². The molecular weight excluding hydrogens is 333 g/mol. The highest BCUT2D eigenvalue weighted by Crippen LogP contribution is 2.43. The molecule has 0 unspecified atom stereocenters. The van der Waals surface area contributed by atoms with E-state index in [0.717, 1.165) is 40.2 Å². The summed E-state index contributed by atoms with van der Waals surface area (Å²) in [4.78, 5) is 4.31. The van der Waals surface area contributed by atoms with Gasteiger partial charge < -0.3 is 4.74 Å². The van der Waals surface area contributed by atoms with Crippen LogP contribution in [0.2, 0.25) is 0 Å². The molecule has 0 bridgehead atoms. The van der Waals surface area contributed by atoms with E-state index in [0.29, 0.717) is 18.2 Å². The average molecular weight is 349 g/mol. The van der Waals surface area contributed by atoms with Crippen LogP contribution in [0, 0.1) is 11.7 Å². The van der Waals surface area contributed by atoms with Crippen LogP contribution in [-0.4, -0.2) is 31.6 Å². The van der Waals surface area contributed by atoms with Gasteiger partial charge in [-0.05, 0) is 30.3 Å². The Morgan fingerprint density at radius 3 is 2.92 bits per heavy atom. The van der Waals surface area contributed by atoms with Gasteiger partial charge in [0, 0.05) is 28.6 Å². The predicted molar refractivity (Wildman–Crippen MR) is 95.2 cm³/mol. The van der Waals surface area contributed by atoms with Crippen LogP contribution in [0.15, 0.2) is 42.7 Å². The van der Waals surface area contributed by atoms with Crippen molar-refractivity contribution in [3.05, 3.63) is 48.5 Å². The summed E-state index contributed by atoms with van der Waals surface area (Å²) in [5.74, 6) is 0.837. The molecule has 130 valence electrons. The molecule has 6 nitrogen and oxygen atoms in total. The lowest BCUT2D eigenvalue weighted by Crippen LogP contribution is -2.23. The highest BCUT2D eigenvalue weighted by atomic mass is 19.1. The Bertz CT molecular complexity index is 1100. The Morgan fingerprint density at radius 1 is 1.23 bits per heavy atom. The molecule has 0 spiro atoms. The van der Waals surface area contributed by atoms with Crippen molar-refractivity contribution >= 4 is 11.0 Å². The fraction of sp³-hybridized carbons (Fsp3) is 0.211. The number of hydrogen-bond donors (Lipinski definition) is 1. The van der Waals surface area contributed by atoms with Crippen molar-refractivity contribution in [2.75, 3.05) is 6.61 Å². The summed E-state index contributed by atoms with van der Waals surface area (Å²) in [6, 6.07) is 8.31. The molecule has 7 heteroatoms. The Labute approximate surface area is 148 Å². The Balaban J connectivity index is 1.80. The van der Waals surface area contributed by atoms with E-state index >= 15 is 0 Å². The average Bonchev–Trinajstić information content (AvgIpc) is 3.26. The first-order valence-corrected chi connectivity index (χ1v) is 8.48. The van der Waals surface area contributed by atoms with Crippen LogP contribution in [0.3, 0.4) is 0 Å². The fourth-order valence-corrected chi connectivity index (χ4v) is 3.41. The summed E-state index contributed by atoms with van der Waals surface area (Å²) in [7, 11) is 0. The van der Waals surface area contributed by atoms with E-state index in [9.17, 15) is 4.39 Å². The second-order valence-corrected chi connectivity index (χ2v) is 6.62. The number of halogens is 1. The number of pyridine rings is 1. The number of rotatable bonds is 2. The van der Waals surface area contributed by atoms with E-state index in [1.807, 2.05) is 10.7 Å². The number of H-pyrrole nitrogens is 1. The smallest absolute Gasteiger partial charge is 0.220 e. The molecule has 1 N–H and O–H groups in total. The maximum absolute atomic E-state index is 13.4. The largest absolute Gasteiger partial charge is 0.477 e. The zero-order valence-electron chi connectivity index (χ0n) is 14.1. The lowest BCUT2D eigenvalue weighted by molar-refractivity contribution is 0.176. The molecular formula is C19H16FN5O. The van der Waals surface area contributed by atoms with E-state index in [1.165, 1.54) is 12.1 Å². The van der Waals surface area contributed by atoms with E-state index in [2.05, 4.69) is 22.1 Å². The summed E-state index contributed by atoms with van der Waals surface area (Å²) >= 11 is 0. The Kier molecular flexibility index (Phi) is 3.28. The first-order chi connectivity index (χ1) is 12.7. The van der Waals surface area contributed by atoms with Gasteiger partial charge in [0.05, 0.1) is 24.9 Å². The molecule has 0 fully saturated rings. The van der Waals surface area contributed by atoms with Gasteiger partial charge in [-0.2, -0.15) is 10.2 Å². The molecule has 3 aromatic heterocycles. The molecule has 1 aliphatic heterocycles. The van der Waals surface area contributed by atoms with Gasteiger partial charge >= 0.3 is 0 Å². The molecule has 5 rings (SSSR count). The second-order valence-electron chi connectivity index (χ2n) is 6.62. The van der Waals surface area contributed by atoms with Gasteiger partial charge in [0.2, 0.25) is 5.88 Å². The maximum atomic E-state index is 13.4. The van der Waals surface area contributed by atoms with Gasteiger partial charge in [0.15, 0.2) is 5.65 Å². The zero-order chi connectivity index (χ0) is 17.7. The van der Waals surface area contributed by atoms with Gasteiger partial charge in [0.1, 0.15) is 11.5 Å². The molecule has 1 atom stereocenters. The predicted octanol–water partition coefficient (Wildman–Crippen LogP) is 3.66. The molecule has 0 amide bonds. The highest BCUT2D eigenvalue weighted by molar-refractivity contribution is 5.98. The van der Waals surface area contributed by atoms with Gasteiger partial charge in [-0.25, -0.2) is 14.1 Å². The van der Waals surface area contributed by atoms with Crippen molar-refractivity contribution in [3.63, 3.8) is 0 Å². The first-order valence-electron chi connectivity index (χ1n) is 8.48. The molecule has 26 heavy (non-hydrogen) atoms. The fourth-order valence-electron chi connectivity index (χ4n) is 3.41. The topological polar surface area (TPSA) is 68.6 Å².